The molecule has 0 aliphatic carbocycles. The predicted octanol–water partition coefficient (Wildman–Crippen LogP) is 0.942. The van der Waals surface area contributed by atoms with Crippen molar-refractivity contribution in [3.63, 3.8) is 0 Å². The van der Waals surface area contributed by atoms with Crippen molar-refractivity contribution >= 4 is 15.7 Å². The molecule has 0 fully saturated rings. The molecule has 0 unspecified atom stereocenters. The molecule has 0 atom stereocenters. The van der Waals surface area contributed by atoms with Gasteiger partial charge in [0.05, 0.1) is 11.5 Å². The van der Waals surface area contributed by atoms with Crippen LogP contribution >= 0.6 is 0 Å². The molecule has 1 rings (SSSR count). The molecule has 0 aliphatic heterocycles. The molecule has 0 bridgehead atoms. The number of nitrogens with zero attached hydrogens (tertiary/aromatic N) is 1. The number of hydrogen-bond donors (Lipinski definition) is 1. The van der Waals surface area contributed by atoms with Gasteiger partial charge in [0.15, 0.2) is 0 Å². The molecule has 1 aromatic carbocycles. The highest BCUT2D eigenvalue weighted by atomic mass is 32.2. The number of anilines is 1. The zero-order valence-electron chi connectivity index (χ0n) is 11.9. The van der Waals surface area contributed by atoms with Gasteiger partial charge in [0.2, 0.25) is 10.0 Å². The number of sulfonamides is 1. The van der Waals surface area contributed by atoms with Gasteiger partial charge in [-0.2, -0.15) is 4.31 Å². The molecular formula is C13H22N2O4S. The lowest BCUT2D eigenvalue weighted by molar-refractivity contribution is 0.164. The van der Waals surface area contributed by atoms with E-state index in [1.54, 1.807) is 26.4 Å². The third kappa shape index (κ3) is 4.75. The largest absolute Gasteiger partial charge is 0.399 e. The average molecular weight is 302 g/mol. The summed E-state index contributed by atoms with van der Waals surface area (Å²) in [6, 6.07) is 6.19. The molecular weight excluding hydrogens is 280 g/mol. The third-order valence-electron chi connectivity index (χ3n) is 2.82. The maximum atomic E-state index is 12.5. The van der Waals surface area contributed by atoms with Crippen molar-refractivity contribution in [1.29, 1.82) is 0 Å². The van der Waals surface area contributed by atoms with Crippen LogP contribution in [0.1, 0.15) is 6.42 Å². The molecule has 6 nitrogen and oxygen atoms in total. The Morgan fingerprint density at radius 1 is 1.05 bits per heavy atom. The van der Waals surface area contributed by atoms with Crippen molar-refractivity contribution < 1.29 is 17.9 Å². The molecule has 0 spiro atoms. The van der Waals surface area contributed by atoms with Crippen molar-refractivity contribution in [2.75, 3.05) is 46.3 Å². The molecule has 7 heteroatoms. The van der Waals surface area contributed by atoms with Crippen LogP contribution in [0.2, 0.25) is 0 Å². The highest BCUT2D eigenvalue weighted by Crippen LogP contribution is 2.17. The van der Waals surface area contributed by atoms with Gasteiger partial charge in [0.25, 0.3) is 0 Å². The van der Waals surface area contributed by atoms with Gasteiger partial charge < -0.3 is 15.2 Å². The Labute approximate surface area is 120 Å². The summed E-state index contributed by atoms with van der Waals surface area (Å²) in [5.74, 6) is 0. The second kappa shape index (κ2) is 8.21. The fraction of sp³-hybridized carbons (Fsp3) is 0.538. The van der Waals surface area contributed by atoms with Crippen LogP contribution in [0.3, 0.4) is 0 Å². The van der Waals surface area contributed by atoms with Crippen molar-refractivity contribution in [2.45, 2.75) is 11.3 Å². The summed E-state index contributed by atoms with van der Waals surface area (Å²) >= 11 is 0. The Morgan fingerprint density at radius 3 is 2.20 bits per heavy atom. The van der Waals surface area contributed by atoms with E-state index < -0.39 is 10.0 Å². The third-order valence-corrected chi connectivity index (χ3v) is 4.73. The van der Waals surface area contributed by atoms with Crippen molar-refractivity contribution in [3.8, 4) is 0 Å². The van der Waals surface area contributed by atoms with Crippen molar-refractivity contribution in [3.05, 3.63) is 24.3 Å². The Hall–Kier alpha value is -1.15. The molecule has 0 aliphatic rings. The molecule has 0 aromatic heterocycles. The molecule has 0 saturated carbocycles. The first kappa shape index (κ1) is 16.9. The highest BCUT2D eigenvalue weighted by molar-refractivity contribution is 7.89. The van der Waals surface area contributed by atoms with Gasteiger partial charge in [-0.3, -0.25) is 0 Å². The lowest BCUT2D eigenvalue weighted by Gasteiger charge is -2.21. The van der Waals surface area contributed by atoms with E-state index in [0.717, 1.165) is 0 Å². The first-order valence-corrected chi connectivity index (χ1v) is 7.80. The number of rotatable bonds is 9. The van der Waals surface area contributed by atoms with E-state index in [2.05, 4.69) is 0 Å². The first-order chi connectivity index (χ1) is 9.52. The number of hydrogen-bond acceptors (Lipinski definition) is 5. The molecule has 114 valence electrons. The number of benzene rings is 1. The van der Waals surface area contributed by atoms with Crippen LogP contribution < -0.4 is 5.73 Å². The zero-order chi connectivity index (χ0) is 15.0. The van der Waals surface area contributed by atoms with Crippen molar-refractivity contribution in [1.82, 2.24) is 4.31 Å². The van der Waals surface area contributed by atoms with E-state index in [0.29, 0.717) is 38.4 Å². The predicted molar refractivity (Wildman–Crippen MR) is 78.0 cm³/mol. The second-order valence-corrected chi connectivity index (χ2v) is 6.25. The SMILES string of the molecule is COCCCN(CCOC)S(=O)(=O)c1ccc(N)cc1. The smallest absolute Gasteiger partial charge is 0.243 e. The van der Waals surface area contributed by atoms with E-state index in [4.69, 9.17) is 15.2 Å². The quantitative estimate of drug-likeness (QED) is 0.542. The summed E-state index contributed by atoms with van der Waals surface area (Å²) in [7, 11) is -0.392. The van der Waals surface area contributed by atoms with Gasteiger partial charge in [-0.15, -0.1) is 0 Å². The van der Waals surface area contributed by atoms with Crippen LogP contribution in [-0.4, -0.2) is 53.2 Å². The van der Waals surface area contributed by atoms with Crippen LogP contribution in [0.15, 0.2) is 29.2 Å². The van der Waals surface area contributed by atoms with Gasteiger partial charge in [-0.05, 0) is 30.7 Å². The Balaban J connectivity index is 2.88. The molecule has 0 radical (unpaired) electrons. The fourth-order valence-corrected chi connectivity index (χ4v) is 3.18. The molecule has 0 heterocycles. The van der Waals surface area contributed by atoms with Gasteiger partial charge in [0, 0.05) is 39.6 Å². The molecule has 0 saturated heterocycles. The monoisotopic (exact) mass is 302 g/mol. The van der Waals surface area contributed by atoms with E-state index >= 15 is 0 Å². The van der Waals surface area contributed by atoms with Gasteiger partial charge in [-0.1, -0.05) is 0 Å². The van der Waals surface area contributed by atoms with Gasteiger partial charge in [-0.25, -0.2) is 8.42 Å². The van der Waals surface area contributed by atoms with E-state index in [1.807, 2.05) is 0 Å². The summed E-state index contributed by atoms with van der Waals surface area (Å²) in [6.07, 6.45) is 0.633. The van der Waals surface area contributed by atoms with Crippen LogP contribution in [-0.2, 0) is 19.5 Å². The number of methoxy groups -OCH3 is 2. The summed E-state index contributed by atoms with van der Waals surface area (Å²) in [5, 5.41) is 0. The zero-order valence-corrected chi connectivity index (χ0v) is 12.7. The second-order valence-electron chi connectivity index (χ2n) is 4.31. The summed E-state index contributed by atoms with van der Waals surface area (Å²) in [6.45, 7) is 1.57. The van der Waals surface area contributed by atoms with Crippen LogP contribution in [0.5, 0.6) is 0 Å². The normalized spacial score (nSPS) is 11.9. The van der Waals surface area contributed by atoms with Crippen molar-refractivity contribution in [2.24, 2.45) is 0 Å². The van der Waals surface area contributed by atoms with Crippen LogP contribution in [0, 0.1) is 0 Å². The van der Waals surface area contributed by atoms with E-state index in [-0.39, 0.29) is 4.90 Å². The maximum absolute atomic E-state index is 12.5. The maximum Gasteiger partial charge on any atom is 0.243 e. The molecule has 2 N–H and O–H groups in total. The van der Waals surface area contributed by atoms with Crippen LogP contribution in [0.25, 0.3) is 0 Å². The summed E-state index contributed by atoms with van der Waals surface area (Å²) < 4.78 is 36.4. The lowest BCUT2D eigenvalue weighted by Crippen LogP contribution is -2.35. The number of nitrogen functional groups attached to an aromatic ring is 1. The lowest BCUT2D eigenvalue weighted by atomic mass is 10.3. The van der Waals surface area contributed by atoms with E-state index in [1.165, 1.54) is 16.4 Å². The Bertz CT molecular complexity index is 488. The summed E-state index contributed by atoms with van der Waals surface area (Å²) in [5.41, 5.74) is 6.11. The minimum absolute atomic E-state index is 0.236. The molecule has 1 aromatic rings. The number of nitrogens with two attached hydrogens (primary N) is 1. The molecule has 20 heavy (non-hydrogen) atoms. The van der Waals surface area contributed by atoms with Crippen LogP contribution in [0.4, 0.5) is 5.69 Å². The highest BCUT2D eigenvalue weighted by Gasteiger charge is 2.23. The minimum Gasteiger partial charge on any atom is -0.399 e. The average Bonchev–Trinajstić information content (AvgIpc) is 2.43. The molecule has 0 amide bonds. The summed E-state index contributed by atoms with van der Waals surface area (Å²) in [4.78, 5) is 0.236. The topological polar surface area (TPSA) is 81.9 Å². The Kier molecular flexibility index (Phi) is 6.94. The standard InChI is InChI=1S/C13H22N2O4S/c1-18-10-3-8-15(9-11-19-2)20(16,17)13-6-4-12(14)5-7-13/h4-7H,3,8-11,14H2,1-2H3. The number of ether oxygens (including phenoxy) is 2. The van der Waals surface area contributed by atoms with Gasteiger partial charge >= 0.3 is 0 Å². The van der Waals surface area contributed by atoms with Gasteiger partial charge in [0.1, 0.15) is 0 Å². The fourth-order valence-electron chi connectivity index (χ4n) is 1.72. The first-order valence-electron chi connectivity index (χ1n) is 6.36. The Morgan fingerprint density at radius 2 is 1.65 bits per heavy atom. The van der Waals surface area contributed by atoms with E-state index in [9.17, 15) is 8.42 Å². The minimum atomic E-state index is -3.53.